The van der Waals surface area contributed by atoms with Crippen molar-refractivity contribution in [2.45, 2.75) is 57.7 Å². The fourth-order valence-corrected chi connectivity index (χ4v) is 3.79. The van der Waals surface area contributed by atoms with Crippen molar-refractivity contribution in [3.63, 3.8) is 0 Å². The zero-order chi connectivity index (χ0) is 17.6. The predicted octanol–water partition coefficient (Wildman–Crippen LogP) is 2.50. The van der Waals surface area contributed by atoms with Gasteiger partial charge in [-0.1, -0.05) is 29.9 Å². The van der Waals surface area contributed by atoms with Gasteiger partial charge in [0.05, 0.1) is 12.7 Å². The second-order valence-corrected chi connectivity index (χ2v) is 7.06. The first-order valence-electron chi connectivity index (χ1n) is 9.41. The number of amides is 1. The van der Waals surface area contributed by atoms with Crippen LogP contribution in [0.1, 0.15) is 49.5 Å². The summed E-state index contributed by atoms with van der Waals surface area (Å²) >= 11 is 0. The lowest BCUT2D eigenvalue weighted by atomic mass is 10.00. The van der Waals surface area contributed by atoms with E-state index in [0.29, 0.717) is 5.69 Å². The lowest BCUT2D eigenvalue weighted by Gasteiger charge is -2.36. The van der Waals surface area contributed by atoms with Crippen molar-refractivity contribution >= 4 is 5.91 Å². The third kappa shape index (κ3) is 4.37. The van der Waals surface area contributed by atoms with Crippen LogP contribution in [0.2, 0.25) is 0 Å². The fourth-order valence-electron chi connectivity index (χ4n) is 3.79. The third-order valence-electron chi connectivity index (χ3n) is 5.18. The molecular weight excluding hydrogens is 314 g/mol. The van der Waals surface area contributed by atoms with E-state index in [2.05, 4.69) is 33.9 Å². The zero-order valence-electron chi connectivity index (χ0n) is 15.2. The molecule has 1 amide bonds. The Hall–Kier alpha value is -1.95. The van der Waals surface area contributed by atoms with Gasteiger partial charge in [0.1, 0.15) is 0 Å². The van der Waals surface area contributed by atoms with Crippen LogP contribution in [0.15, 0.2) is 31.0 Å². The number of nitrogens with zero attached hydrogens (tertiary/aromatic N) is 5. The van der Waals surface area contributed by atoms with Gasteiger partial charge >= 0.3 is 0 Å². The number of piperidine rings is 1. The molecule has 1 saturated heterocycles. The van der Waals surface area contributed by atoms with Crippen molar-refractivity contribution in [1.29, 1.82) is 0 Å². The maximum absolute atomic E-state index is 12.9. The van der Waals surface area contributed by atoms with Gasteiger partial charge < -0.3 is 9.80 Å². The van der Waals surface area contributed by atoms with Gasteiger partial charge in [-0.15, -0.1) is 11.7 Å². The van der Waals surface area contributed by atoms with Crippen molar-refractivity contribution < 1.29 is 4.79 Å². The monoisotopic (exact) mass is 343 g/mol. The summed E-state index contributed by atoms with van der Waals surface area (Å²) in [7, 11) is 0. The number of hydrogen-bond acceptors (Lipinski definition) is 4. The van der Waals surface area contributed by atoms with Crippen LogP contribution in [0.25, 0.3) is 0 Å². The van der Waals surface area contributed by atoms with Gasteiger partial charge in [0.25, 0.3) is 5.91 Å². The molecule has 0 aromatic carbocycles. The summed E-state index contributed by atoms with van der Waals surface area (Å²) in [6.07, 6.45) is 13.5. The summed E-state index contributed by atoms with van der Waals surface area (Å²) < 4.78 is 1.80. The van der Waals surface area contributed by atoms with E-state index in [1.54, 1.807) is 10.9 Å². The summed E-state index contributed by atoms with van der Waals surface area (Å²) in [4.78, 5) is 17.3. The summed E-state index contributed by atoms with van der Waals surface area (Å²) in [5.41, 5.74) is 0.440. The van der Waals surface area contributed by atoms with Crippen LogP contribution in [0, 0.1) is 0 Å². The predicted molar refractivity (Wildman–Crippen MR) is 98.3 cm³/mol. The van der Waals surface area contributed by atoms with Crippen LogP contribution in [0.4, 0.5) is 0 Å². The Morgan fingerprint density at radius 2 is 2.12 bits per heavy atom. The quantitative estimate of drug-likeness (QED) is 0.745. The van der Waals surface area contributed by atoms with E-state index in [-0.39, 0.29) is 18.0 Å². The molecule has 1 aromatic rings. The molecule has 3 heterocycles. The van der Waals surface area contributed by atoms with Gasteiger partial charge in [0.15, 0.2) is 5.69 Å². The van der Waals surface area contributed by atoms with Gasteiger partial charge in [-0.25, -0.2) is 0 Å². The fraction of sp³-hybridized carbons (Fsp3) is 0.632. The van der Waals surface area contributed by atoms with E-state index in [4.69, 9.17) is 0 Å². The first kappa shape index (κ1) is 17.9. The number of carbonyl (C=O) groups is 1. The molecule has 0 N–H and O–H groups in total. The average Bonchev–Trinajstić information content (AvgIpc) is 3.10. The molecule has 0 radical (unpaired) electrons. The smallest absolute Gasteiger partial charge is 0.276 e. The number of rotatable bonds is 6. The second kappa shape index (κ2) is 8.43. The number of likely N-dealkylation sites (tertiary alicyclic amines) is 1. The first-order chi connectivity index (χ1) is 12.2. The number of hydrogen-bond donors (Lipinski definition) is 0. The van der Waals surface area contributed by atoms with Crippen LogP contribution in [0.3, 0.4) is 0 Å². The van der Waals surface area contributed by atoms with E-state index in [0.717, 1.165) is 25.9 Å². The molecule has 1 fully saturated rings. The largest absolute Gasteiger partial charge is 0.327 e. The Morgan fingerprint density at radius 3 is 2.88 bits per heavy atom. The lowest BCUT2D eigenvalue weighted by molar-refractivity contribution is 0.0616. The molecule has 6 heteroatoms. The average molecular weight is 343 g/mol. The molecule has 2 aliphatic heterocycles. The minimum Gasteiger partial charge on any atom is -0.327 e. The van der Waals surface area contributed by atoms with Crippen LogP contribution >= 0.6 is 0 Å². The topological polar surface area (TPSA) is 54.3 Å². The van der Waals surface area contributed by atoms with E-state index in [1.165, 1.54) is 32.4 Å². The second-order valence-electron chi connectivity index (χ2n) is 7.06. The molecule has 1 aromatic heterocycles. The highest BCUT2D eigenvalue weighted by Crippen LogP contribution is 2.22. The van der Waals surface area contributed by atoms with Crippen molar-refractivity contribution in [3.8, 4) is 0 Å². The molecule has 6 nitrogen and oxygen atoms in total. The van der Waals surface area contributed by atoms with Crippen LogP contribution in [-0.4, -0.2) is 62.4 Å². The minimum absolute atomic E-state index is 0.0343. The van der Waals surface area contributed by atoms with Crippen molar-refractivity contribution in [2.24, 2.45) is 0 Å². The zero-order valence-corrected chi connectivity index (χ0v) is 15.2. The van der Waals surface area contributed by atoms with E-state index in [1.807, 2.05) is 17.9 Å². The molecule has 0 spiro atoms. The molecule has 0 unspecified atom stereocenters. The van der Waals surface area contributed by atoms with Gasteiger partial charge in [-0.3, -0.25) is 9.48 Å². The molecule has 2 atom stereocenters. The van der Waals surface area contributed by atoms with Gasteiger partial charge in [-0.2, -0.15) is 0 Å². The molecule has 136 valence electrons. The number of carbonyl (C=O) groups excluding carboxylic acids is 1. The summed E-state index contributed by atoms with van der Waals surface area (Å²) in [6.45, 7) is 9.96. The molecule has 0 saturated carbocycles. The van der Waals surface area contributed by atoms with Crippen molar-refractivity contribution in [2.75, 3.05) is 19.6 Å². The van der Waals surface area contributed by atoms with Crippen molar-refractivity contribution in [3.05, 3.63) is 36.7 Å². The molecular formula is C19H29N5O. The van der Waals surface area contributed by atoms with E-state index in [9.17, 15) is 4.79 Å². The summed E-state index contributed by atoms with van der Waals surface area (Å²) in [6, 6.07) is 0.230. The van der Waals surface area contributed by atoms with E-state index < -0.39 is 0 Å². The van der Waals surface area contributed by atoms with Crippen LogP contribution in [-0.2, 0) is 6.54 Å². The van der Waals surface area contributed by atoms with Crippen LogP contribution in [0.5, 0.6) is 0 Å². The standard InChI is InChI=1S/C19H29N5O/c1-3-8-17-10-7-9-16(2)24(17)19(25)18-15-23(21-20-18)14-13-22-11-5-4-6-12-22/h3,7,9,15-17H,1,4-6,8,10-14H2,2H3/t16-,17-/m1/s1. The normalized spacial score (nSPS) is 24.4. The molecule has 25 heavy (non-hydrogen) atoms. The van der Waals surface area contributed by atoms with Gasteiger partial charge in [0, 0.05) is 18.6 Å². The minimum atomic E-state index is -0.0343. The number of aromatic nitrogens is 3. The summed E-state index contributed by atoms with van der Waals surface area (Å²) in [5.74, 6) is -0.0343. The Balaban J connectivity index is 1.62. The summed E-state index contributed by atoms with van der Waals surface area (Å²) in [5, 5.41) is 8.30. The molecule has 3 rings (SSSR count). The van der Waals surface area contributed by atoms with Crippen LogP contribution < -0.4 is 0 Å². The highest BCUT2D eigenvalue weighted by molar-refractivity contribution is 5.92. The van der Waals surface area contributed by atoms with Crippen molar-refractivity contribution in [1.82, 2.24) is 24.8 Å². The van der Waals surface area contributed by atoms with Gasteiger partial charge in [-0.05, 0) is 45.7 Å². The Labute approximate surface area is 150 Å². The highest BCUT2D eigenvalue weighted by Gasteiger charge is 2.30. The Morgan fingerprint density at radius 1 is 1.32 bits per heavy atom. The Kier molecular flexibility index (Phi) is 6.02. The first-order valence-corrected chi connectivity index (χ1v) is 9.41. The highest BCUT2D eigenvalue weighted by atomic mass is 16.2. The lowest BCUT2D eigenvalue weighted by Crippen LogP contribution is -2.47. The molecule has 0 aliphatic carbocycles. The maximum atomic E-state index is 12.9. The maximum Gasteiger partial charge on any atom is 0.276 e. The van der Waals surface area contributed by atoms with E-state index >= 15 is 0 Å². The van der Waals surface area contributed by atoms with Gasteiger partial charge in [0.2, 0.25) is 0 Å². The Bertz CT molecular complexity index is 617. The SMILES string of the molecule is C=CC[C@@H]1CC=C[C@@H](C)N1C(=O)c1cn(CCN2CCCCC2)nn1. The molecule has 2 aliphatic rings. The molecule has 0 bridgehead atoms. The third-order valence-corrected chi connectivity index (χ3v) is 5.18.